The number of rotatable bonds is 6. The Labute approximate surface area is 178 Å². The third-order valence-electron chi connectivity index (χ3n) is 5.76. The molecule has 7 heteroatoms. The maximum absolute atomic E-state index is 13.4. The van der Waals surface area contributed by atoms with Gasteiger partial charge in [-0.1, -0.05) is 30.3 Å². The van der Waals surface area contributed by atoms with Gasteiger partial charge in [0.25, 0.3) is 0 Å². The van der Waals surface area contributed by atoms with E-state index < -0.39 is 5.60 Å². The lowest BCUT2D eigenvalue weighted by Crippen LogP contribution is -2.46. The molecule has 6 nitrogen and oxygen atoms in total. The molecule has 0 atom stereocenters. The van der Waals surface area contributed by atoms with Crippen LogP contribution in [0.1, 0.15) is 28.0 Å². The number of benzene rings is 2. The van der Waals surface area contributed by atoms with Crippen molar-refractivity contribution >= 4 is 0 Å². The molecule has 0 amide bonds. The zero-order chi connectivity index (χ0) is 21.4. The first-order valence-electron chi connectivity index (χ1n) is 10.1. The van der Waals surface area contributed by atoms with Crippen LogP contribution >= 0.6 is 0 Å². The summed E-state index contributed by atoms with van der Waals surface area (Å²) in [6.07, 6.45) is 1.34. The molecule has 0 aliphatic carbocycles. The van der Waals surface area contributed by atoms with Gasteiger partial charge in [-0.2, -0.15) is 0 Å². The molecule has 5 rings (SSSR count). The minimum atomic E-state index is -0.902. The van der Waals surface area contributed by atoms with Crippen LogP contribution in [0, 0.1) is 5.82 Å². The Bertz CT molecular complexity index is 1150. The molecule has 3 heterocycles. The summed E-state index contributed by atoms with van der Waals surface area (Å²) < 4.78 is 29.7. The molecule has 0 unspecified atom stereocenters. The number of fused-ring (bicyclic) bond motifs is 1. The summed E-state index contributed by atoms with van der Waals surface area (Å²) >= 11 is 0. The Kier molecular flexibility index (Phi) is 5.09. The normalized spacial score (nSPS) is 17.2. The van der Waals surface area contributed by atoms with E-state index in [0.717, 1.165) is 22.3 Å². The van der Waals surface area contributed by atoms with E-state index in [1.54, 1.807) is 12.1 Å². The molecular weight excluding hydrogens is 401 g/mol. The van der Waals surface area contributed by atoms with Gasteiger partial charge in [-0.25, -0.2) is 4.39 Å². The molecule has 2 aliphatic rings. The Hall–Kier alpha value is -3.00. The molecule has 2 aliphatic heterocycles. The van der Waals surface area contributed by atoms with Gasteiger partial charge < -0.3 is 19.0 Å². The summed E-state index contributed by atoms with van der Waals surface area (Å²) in [5.74, 6) is 0.438. The van der Waals surface area contributed by atoms with Gasteiger partial charge in [0.1, 0.15) is 30.0 Å². The largest absolute Gasteiger partial charge is 0.482 e. The van der Waals surface area contributed by atoms with Crippen LogP contribution in [0.2, 0.25) is 0 Å². The molecule has 1 saturated heterocycles. The first-order valence-corrected chi connectivity index (χ1v) is 10.1. The lowest BCUT2D eigenvalue weighted by molar-refractivity contribution is -0.184. The highest BCUT2D eigenvalue weighted by molar-refractivity contribution is 5.31. The lowest BCUT2D eigenvalue weighted by atomic mass is 9.91. The van der Waals surface area contributed by atoms with Crippen LogP contribution in [0.15, 0.2) is 64.0 Å². The minimum absolute atomic E-state index is 0.144. The topological polar surface area (TPSA) is 72.1 Å². The van der Waals surface area contributed by atoms with E-state index in [1.165, 1.54) is 18.4 Å². The van der Waals surface area contributed by atoms with Crippen LogP contribution in [-0.4, -0.2) is 23.2 Å². The van der Waals surface area contributed by atoms with E-state index in [4.69, 9.17) is 13.9 Å². The molecule has 3 aromatic rings. The molecule has 0 bridgehead atoms. The third kappa shape index (κ3) is 4.12. The summed E-state index contributed by atoms with van der Waals surface area (Å²) in [5, 5.41) is 10.3. The van der Waals surface area contributed by atoms with E-state index in [1.807, 2.05) is 24.3 Å². The molecule has 1 aromatic heterocycles. The van der Waals surface area contributed by atoms with Crippen LogP contribution in [0.3, 0.4) is 0 Å². The fourth-order valence-corrected chi connectivity index (χ4v) is 3.93. The van der Waals surface area contributed by atoms with Crippen molar-refractivity contribution in [1.82, 2.24) is 4.90 Å². The van der Waals surface area contributed by atoms with Gasteiger partial charge in [-0.3, -0.25) is 9.69 Å². The van der Waals surface area contributed by atoms with E-state index >= 15 is 0 Å². The van der Waals surface area contributed by atoms with Crippen LogP contribution in [0.25, 0.3) is 0 Å². The summed E-state index contributed by atoms with van der Waals surface area (Å²) in [4.78, 5) is 14.5. The summed E-state index contributed by atoms with van der Waals surface area (Å²) in [6.45, 7) is 2.58. The fraction of sp³-hybridized carbons (Fsp3) is 0.292. The third-order valence-corrected chi connectivity index (χ3v) is 5.76. The maximum atomic E-state index is 13.4. The summed E-state index contributed by atoms with van der Waals surface area (Å²) in [7, 11) is 0. The smallest absolute Gasteiger partial charge is 0.227 e. The predicted molar refractivity (Wildman–Crippen MR) is 110 cm³/mol. The van der Waals surface area contributed by atoms with Crippen molar-refractivity contribution in [2.45, 2.75) is 31.8 Å². The molecule has 0 saturated carbocycles. The number of hydrogen-bond acceptors (Lipinski definition) is 6. The van der Waals surface area contributed by atoms with Gasteiger partial charge in [-0.05, 0) is 34.4 Å². The number of halogens is 1. The zero-order valence-electron chi connectivity index (χ0n) is 16.8. The van der Waals surface area contributed by atoms with Crippen molar-refractivity contribution in [3.05, 3.63) is 98.8 Å². The monoisotopic (exact) mass is 423 g/mol. The standard InChI is InChI=1S/C24H22FNO5/c25-20-6-3-17-9-26(10-18(17)7-20)11-21-8-22(27)23(13-30-21)31-12-16-1-4-19(5-2-16)24(28)14-29-15-24/h1-8,13,28H,9-12,14-15H2. The van der Waals surface area contributed by atoms with E-state index in [2.05, 4.69) is 4.90 Å². The van der Waals surface area contributed by atoms with Crippen LogP contribution < -0.4 is 10.2 Å². The van der Waals surface area contributed by atoms with Crippen LogP contribution in [-0.2, 0) is 36.6 Å². The molecule has 160 valence electrons. The quantitative estimate of drug-likeness (QED) is 0.657. The molecule has 0 spiro atoms. The Balaban J connectivity index is 1.19. The highest BCUT2D eigenvalue weighted by Crippen LogP contribution is 2.29. The van der Waals surface area contributed by atoms with Gasteiger partial charge in [0.2, 0.25) is 11.2 Å². The van der Waals surface area contributed by atoms with Gasteiger partial charge in [-0.15, -0.1) is 0 Å². The predicted octanol–water partition coefficient (Wildman–Crippen LogP) is 3.09. The second-order valence-electron chi connectivity index (χ2n) is 8.14. The average Bonchev–Trinajstić information content (AvgIpc) is 3.13. The van der Waals surface area contributed by atoms with Crippen molar-refractivity contribution in [1.29, 1.82) is 0 Å². The molecule has 2 aromatic carbocycles. The Morgan fingerprint density at radius 2 is 1.84 bits per heavy atom. The van der Waals surface area contributed by atoms with E-state index in [0.29, 0.717) is 38.6 Å². The van der Waals surface area contributed by atoms with Crippen molar-refractivity contribution in [3.63, 3.8) is 0 Å². The van der Waals surface area contributed by atoms with Gasteiger partial charge in [0, 0.05) is 19.2 Å². The zero-order valence-corrected chi connectivity index (χ0v) is 16.8. The second kappa shape index (κ2) is 7.92. The number of nitrogens with zero attached hydrogens (tertiary/aromatic N) is 1. The van der Waals surface area contributed by atoms with Gasteiger partial charge in [0.15, 0.2) is 0 Å². The van der Waals surface area contributed by atoms with Crippen molar-refractivity contribution in [2.24, 2.45) is 0 Å². The fourth-order valence-electron chi connectivity index (χ4n) is 3.93. The van der Waals surface area contributed by atoms with Crippen LogP contribution in [0.5, 0.6) is 5.75 Å². The first-order chi connectivity index (χ1) is 15.0. The van der Waals surface area contributed by atoms with Gasteiger partial charge in [0.05, 0.1) is 19.8 Å². The summed E-state index contributed by atoms with van der Waals surface area (Å²) in [6, 6.07) is 13.6. The van der Waals surface area contributed by atoms with E-state index in [9.17, 15) is 14.3 Å². The van der Waals surface area contributed by atoms with Crippen molar-refractivity contribution in [2.75, 3.05) is 13.2 Å². The lowest BCUT2D eigenvalue weighted by Gasteiger charge is -2.36. The maximum Gasteiger partial charge on any atom is 0.227 e. The molecule has 1 N–H and O–H groups in total. The highest BCUT2D eigenvalue weighted by Gasteiger charge is 2.37. The van der Waals surface area contributed by atoms with Gasteiger partial charge >= 0.3 is 0 Å². The molecular formula is C24H22FNO5. The first kappa shape index (κ1) is 19.9. The summed E-state index contributed by atoms with van der Waals surface area (Å²) in [5.41, 5.74) is 2.58. The van der Waals surface area contributed by atoms with Crippen LogP contribution in [0.4, 0.5) is 4.39 Å². The molecule has 0 radical (unpaired) electrons. The van der Waals surface area contributed by atoms with E-state index in [-0.39, 0.29) is 23.6 Å². The average molecular weight is 423 g/mol. The minimum Gasteiger partial charge on any atom is -0.482 e. The number of aliphatic hydroxyl groups is 1. The second-order valence-corrected chi connectivity index (χ2v) is 8.14. The number of ether oxygens (including phenoxy) is 2. The highest BCUT2D eigenvalue weighted by atomic mass is 19.1. The SMILES string of the molecule is O=c1cc(CN2Cc3ccc(F)cc3C2)occ1OCc1ccc(C2(O)COC2)cc1. The van der Waals surface area contributed by atoms with Crippen molar-refractivity contribution < 1.29 is 23.4 Å². The number of hydrogen-bond donors (Lipinski definition) is 1. The molecule has 1 fully saturated rings. The Morgan fingerprint density at radius 1 is 1.06 bits per heavy atom. The van der Waals surface area contributed by atoms with Crippen molar-refractivity contribution in [3.8, 4) is 5.75 Å². The Morgan fingerprint density at radius 3 is 2.55 bits per heavy atom. The molecule has 31 heavy (non-hydrogen) atoms.